The molecule has 0 unspecified atom stereocenters. The van der Waals surface area contributed by atoms with Gasteiger partial charge >= 0.3 is 0 Å². The molecule has 3 heterocycles. The molecule has 0 saturated carbocycles. The van der Waals surface area contributed by atoms with Crippen LogP contribution in [0.5, 0.6) is 0 Å². The van der Waals surface area contributed by atoms with E-state index >= 15 is 0 Å². The molecule has 0 spiro atoms. The van der Waals surface area contributed by atoms with Crippen molar-refractivity contribution in [2.24, 2.45) is 0 Å². The summed E-state index contributed by atoms with van der Waals surface area (Å²) in [6.45, 7) is 0. The van der Waals surface area contributed by atoms with Crippen LogP contribution in [0.3, 0.4) is 0 Å². The Bertz CT molecular complexity index is 3890. The van der Waals surface area contributed by atoms with Crippen molar-refractivity contribution in [2.45, 2.75) is 0 Å². The van der Waals surface area contributed by atoms with Crippen LogP contribution in [-0.4, -0.2) is 15.0 Å². The maximum Gasteiger partial charge on any atom is 0.164 e. The third-order valence-electron chi connectivity index (χ3n) is 12.3. The molecule has 0 aliphatic carbocycles. The summed E-state index contributed by atoms with van der Waals surface area (Å²) < 4.78 is 5.09. The number of rotatable bonds is 5. The second-order valence-electron chi connectivity index (χ2n) is 15.9. The highest BCUT2D eigenvalue weighted by molar-refractivity contribution is 7.26. The van der Waals surface area contributed by atoms with Gasteiger partial charge in [-0.05, 0) is 103 Å². The molecule has 0 fully saturated rings. The molecule has 10 aromatic carbocycles. The highest BCUT2D eigenvalue weighted by Gasteiger charge is 2.17. The van der Waals surface area contributed by atoms with E-state index in [0.29, 0.717) is 17.5 Å². The van der Waals surface area contributed by atoms with E-state index < -0.39 is 0 Å². The van der Waals surface area contributed by atoms with Gasteiger partial charge in [-0.2, -0.15) is 0 Å². The molecular formula is C57H33N3S2. The molecule has 13 aromatic rings. The zero-order valence-corrected chi connectivity index (χ0v) is 34.8. The number of benzene rings is 10. The molecule has 62 heavy (non-hydrogen) atoms. The van der Waals surface area contributed by atoms with E-state index in [4.69, 9.17) is 15.0 Å². The first-order chi connectivity index (χ1) is 30.7. The average Bonchev–Trinajstić information content (AvgIpc) is 3.92. The lowest BCUT2D eigenvalue weighted by Crippen LogP contribution is -2.00. The lowest BCUT2D eigenvalue weighted by atomic mass is 9.91. The molecule has 5 heteroatoms. The fourth-order valence-electron chi connectivity index (χ4n) is 9.35. The Kier molecular flexibility index (Phi) is 7.95. The second-order valence-corrected chi connectivity index (χ2v) is 18.1. The molecule has 13 rings (SSSR count). The second kappa shape index (κ2) is 14.0. The number of hydrogen-bond donors (Lipinski definition) is 0. The van der Waals surface area contributed by atoms with Crippen molar-refractivity contribution in [3.05, 3.63) is 200 Å². The van der Waals surface area contributed by atoms with Crippen molar-refractivity contribution in [3.8, 4) is 56.4 Å². The van der Waals surface area contributed by atoms with Gasteiger partial charge in [0.25, 0.3) is 0 Å². The minimum absolute atomic E-state index is 0.649. The van der Waals surface area contributed by atoms with Gasteiger partial charge in [-0.3, -0.25) is 0 Å². The fraction of sp³-hybridized carbons (Fsp3) is 0. The van der Waals surface area contributed by atoms with Crippen molar-refractivity contribution >= 4 is 95.3 Å². The van der Waals surface area contributed by atoms with Crippen molar-refractivity contribution in [1.82, 2.24) is 15.0 Å². The monoisotopic (exact) mass is 823 g/mol. The summed E-state index contributed by atoms with van der Waals surface area (Å²) in [7, 11) is 0. The van der Waals surface area contributed by atoms with E-state index in [-0.39, 0.29) is 0 Å². The number of fused-ring (bicyclic) bond motifs is 12. The van der Waals surface area contributed by atoms with Crippen LogP contribution < -0.4 is 0 Å². The van der Waals surface area contributed by atoms with Crippen LogP contribution in [0.2, 0.25) is 0 Å². The fourth-order valence-corrected chi connectivity index (χ4v) is 11.5. The predicted octanol–water partition coefficient (Wildman–Crippen LogP) is 16.4. The van der Waals surface area contributed by atoms with Gasteiger partial charge in [-0.1, -0.05) is 152 Å². The van der Waals surface area contributed by atoms with Crippen LogP contribution in [0.15, 0.2) is 200 Å². The minimum atomic E-state index is 0.649. The van der Waals surface area contributed by atoms with Gasteiger partial charge in [-0.15, -0.1) is 22.7 Å². The van der Waals surface area contributed by atoms with Gasteiger partial charge in [0.15, 0.2) is 17.5 Å². The molecule has 3 nitrogen and oxygen atoms in total. The lowest BCUT2D eigenvalue weighted by molar-refractivity contribution is 1.07. The summed E-state index contributed by atoms with van der Waals surface area (Å²) in [6.07, 6.45) is 0. The molecule has 0 aliphatic rings. The summed E-state index contributed by atoms with van der Waals surface area (Å²) in [5.74, 6) is 1.97. The summed E-state index contributed by atoms with van der Waals surface area (Å²) in [6, 6.07) is 72.3. The molecule has 288 valence electrons. The van der Waals surface area contributed by atoms with Gasteiger partial charge in [0.2, 0.25) is 0 Å². The van der Waals surface area contributed by atoms with Gasteiger partial charge in [0, 0.05) is 57.0 Å². The van der Waals surface area contributed by atoms with Crippen molar-refractivity contribution < 1.29 is 0 Å². The normalized spacial score (nSPS) is 11.9. The summed E-state index contributed by atoms with van der Waals surface area (Å²) >= 11 is 3.67. The maximum absolute atomic E-state index is 5.13. The number of thiophene rings is 2. The molecule has 0 bridgehead atoms. The highest BCUT2D eigenvalue weighted by Crippen LogP contribution is 2.43. The van der Waals surface area contributed by atoms with Gasteiger partial charge in [0.05, 0.1) is 0 Å². The topological polar surface area (TPSA) is 38.7 Å². The molecule has 0 radical (unpaired) electrons. The first-order valence-corrected chi connectivity index (χ1v) is 22.5. The van der Waals surface area contributed by atoms with Crippen LogP contribution in [0.1, 0.15) is 0 Å². The van der Waals surface area contributed by atoms with Crippen LogP contribution in [0.25, 0.3) is 129 Å². The van der Waals surface area contributed by atoms with Gasteiger partial charge in [0.1, 0.15) is 0 Å². The van der Waals surface area contributed by atoms with E-state index in [0.717, 1.165) is 22.3 Å². The SMILES string of the molecule is c1ccc(-c2nc(-c3ccc(-c4cccc5sc6ccc(-c7ccc8c9ccccc9c9ccccc9c8c7)cc6c45)cc3)nc(-c3ccc4sc5ccccc5c4c3)n2)cc1. The molecule has 0 atom stereocenters. The molecule has 0 N–H and O–H groups in total. The number of aromatic nitrogens is 3. The Morgan fingerprint density at radius 3 is 1.39 bits per heavy atom. The molecule has 0 saturated heterocycles. The summed E-state index contributed by atoms with van der Waals surface area (Å²) in [5.41, 5.74) is 7.67. The first-order valence-electron chi connectivity index (χ1n) is 20.8. The van der Waals surface area contributed by atoms with Crippen molar-refractivity contribution in [2.75, 3.05) is 0 Å². The van der Waals surface area contributed by atoms with E-state index in [1.165, 1.54) is 89.4 Å². The zero-order valence-electron chi connectivity index (χ0n) is 33.2. The Balaban J connectivity index is 0.910. The molecule has 3 aromatic heterocycles. The predicted molar refractivity (Wildman–Crippen MR) is 265 cm³/mol. The Labute approximate surface area is 364 Å². The Morgan fingerprint density at radius 2 is 0.677 bits per heavy atom. The highest BCUT2D eigenvalue weighted by atomic mass is 32.1. The Hall–Kier alpha value is -7.57. The quantitative estimate of drug-likeness (QED) is 0.162. The molecule has 0 aliphatic heterocycles. The van der Waals surface area contributed by atoms with Gasteiger partial charge in [-0.25, -0.2) is 15.0 Å². The number of hydrogen-bond acceptors (Lipinski definition) is 5. The largest absolute Gasteiger partial charge is 0.208 e. The summed E-state index contributed by atoms with van der Waals surface area (Å²) in [4.78, 5) is 15.2. The summed E-state index contributed by atoms with van der Waals surface area (Å²) in [5, 5.41) is 12.8. The Morgan fingerprint density at radius 1 is 0.242 bits per heavy atom. The smallest absolute Gasteiger partial charge is 0.164 e. The van der Waals surface area contributed by atoms with Crippen LogP contribution in [-0.2, 0) is 0 Å². The van der Waals surface area contributed by atoms with E-state index in [2.05, 4.69) is 182 Å². The van der Waals surface area contributed by atoms with Crippen LogP contribution in [0, 0.1) is 0 Å². The molecule has 0 amide bonds. The van der Waals surface area contributed by atoms with E-state index in [1.807, 2.05) is 40.9 Å². The van der Waals surface area contributed by atoms with Crippen molar-refractivity contribution in [1.29, 1.82) is 0 Å². The third-order valence-corrected chi connectivity index (χ3v) is 14.6. The average molecular weight is 824 g/mol. The first kappa shape index (κ1) is 35.2. The number of nitrogens with zero attached hydrogens (tertiary/aromatic N) is 3. The van der Waals surface area contributed by atoms with Crippen molar-refractivity contribution in [3.63, 3.8) is 0 Å². The third kappa shape index (κ3) is 5.67. The minimum Gasteiger partial charge on any atom is -0.208 e. The van der Waals surface area contributed by atoms with E-state index in [1.54, 1.807) is 0 Å². The zero-order chi connectivity index (χ0) is 40.7. The van der Waals surface area contributed by atoms with Gasteiger partial charge < -0.3 is 0 Å². The standard InChI is InChI=1S/C57H33N3S2/c1-2-11-35(12-3-1)55-58-56(60-57(59-55)39-27-30-51-48(33-39)46-17-8-9-19-50(46)61-51)36-23-21-34(22-24-36)40-18-10-20-53-54(40)49-32-38(26-29-52(49)62-53)37-25-28-45-43-15-5-4-13-41(43)42-14-6-7-16-44(42)47(45)31-37/h1-33H. The van der Waals surface area contributed by atoms with Crippen LogP contribution in [0.4, 0.5) is 0 Å². The maximum atomic E-state index is 5.13. The van der Waals surface area contributed by atoms with Crippen LogP contribution >= 0.6 is 22.7 Å². The lowest BCUT2D eigenvalue weighted by Gasteiger charge is -2.12. The van der Waals surface area contributed by atoms with E-state index in [9.17, 15) is 0 Å². The molecular weight excluding hydrogens is 791 g/mol.